The van der Waals surface area contributed by atoms with Crippen LogP contribution in [-0.4, -0.2) is 42.2 Å². The topological polar surface area (TPSA) is 68.3 Å². The van der Waals surface area contributed by atoms with E-state index in [-0.39, 0.29) is 37.3 Å². The molecule has 0 N–H and O–H groups in total. The van der Waals surface area contributed by atoms with Gasteiger partial charge in [0.1, 0.15) is 17.8 Å². The Balaban J connectivity index is 1.37. The molecule has 7 nitrogen and oxygen atoms in total. The molecular weight excluding hydrogens is 468 g/mol. The van der Waals surface area contributed by atoms with Gasteiger partial charge in [0, 0.05) is 35.0 Å². The summed E-state index contributed by atoms with van der Waals surface area (Å²) in [6, 6.07) is 19.3. The number of anilines is 1. The van der Waals surface area contributed by atoms with Crippen molar-refractivity contribution >= 4 is 17.5 Å². The highest BCUT2D eigenvalue weighted by atomic mass is 16.7. The van der Waals surface area contributed by atoms with E-state index in [4.69, 9.17) is 14.2 Å². The van der Waals surface area contributed by atoms with Crippen molar-refractivity contribution in [2.24, 2.45) is 0 Å². The second kappa shape index (κ2) is 8.54. The van der Waals surface area contributed by atoms with Gasteiger partial charge in [0.2, 0.25) is 12.7 Å². The minimum Gasteiger partial charge on any atom is -0.491 e. The summed E-state index contributed by atoms with van der Waals surface area (Å²) in [5, 5.41) is 0. The summed E-state index contributed by atoms with van der Waals surface area (Å²) in [4.78, 5) is 31.3. The fraction of sp³-hybridized carbons (Fsp3) is 0.333. The number of hydrogen-bond donors (Lipinski definition) is 0. The molecule has 0 bridgehead atoms. The van der Waals surface area contributed by atoms with E-state index < -0.39 is 5.41 Å². The van der Waals surface area contributed by atoms with Crippen LogP contribution in [0, 0.1) is 0 Å². The van der Waals surface area contributed by atoms with Gasteiger partial charge < -0.3 is 24.0 Å². The van der Waals surface area contributed by atoms with Crippen molar-refractivity contribution in [3.05, 3.63) is 82.9 Å². The summed E-state index contributed by atoms with van der Waals surface area (Å²) < 4.78 is 17.2. The first-order valence-corrected chi connectivity index (χ1v) is 12.7. The van der Waals surface area contributed by atoms with Crippen molar-refractivity contribution < 1.29 is 23.8 Å². The van der Waals surface area contributed by atoms with Crippen LogP contribution >= 0.6 is 0 Å². The van der Waals surface area contributed by atoms with Crippen molar-refractivity contribution in [2.45, 2.75) is 51.7 Å². The summed E-state index contributed by atoms with van der Waals surface area (Å²) in [5.74, 6) is 1.84. The largest absolute Gasteiger partial charge is 0.491 e. The molecule has 3 aromatic carbocycles. The van der Waals surface area contributed by atoms with E-state index >= 15 is 0 Å². The normalized spacial score (nSPS) is 19.0. The van der Waals surface area contributed by atoms with Gasteiger partial charge in [-0.25, -0.2) is 0 Å². The zero-order valence-corrected chi connectivity index (χ0v) is 21.5. The van der Waals surface area contributed by atoms with Gasteiger partial charge in [-0.2, -0.15) is 0 Å². The molecule has 0 aromatic heterocycles. The minimum absolute atomic E-state index is 0.00864. The van der Waals surface area contributed by atoms with Gasteiger partial charge in [0.25, 0.3) is 5.91 Å². The highest BCUT2D eigenvalue weighted by molar-refractivity contribution is 6.11. The van der Waals surface area contributed by atoms with Crippen LogP contribution in [0.15, 0.2) is 60.7 Å². The third kappa shape index (κ3) is 3.48. The van der Waals surface area contributed by atoms with Gasteiger partial charge in [0.15, 0.2) is 11.5 Å². The van der Waals surface area contributed by atoms with E-state index in [1.54, 1.807) is 0 Å². The molecule has 0 aliphatic carbocycles. The molecule has 7 heteroatoms. The fourth-order valence-electron chi connectivity index (χ4n) is 5.92. The summed E-state index contributed by atoms with van der Waals surface area (Å²) in [7, 11) is 0. The van der Waals surface area contributed by atoms with Crippen LogP contribution < -0.4 is 19.1 Å². The molecule has 0 saturated carbocycles. The Labute approximate surface area is 216 Å². The second-order valence-electron chi connectivity index (χ2n) is 10.4. The lowest BCUT2D eigenvalue weighted by molar-refractivity contribution is -0.122. The van der Waals surface area contributed by atoms with Crippen molar-refractivity contribution in [1.82, 2.24) is 4.90 Å². The Morgan fingerprint density at radius 1 is 0.892 bits per heavy atom. The summed E-state index contributed by atoms with van der Waals surface area (Å²) in [6.07, 6.45) is 0. The maximum atomic E-state index is 14.3. The first kappa shape index (κ1) is 23.4. The molecular formula is C30H30N2O5. The summed E-state index contributed by atoms with van der Waals surface area (Å²) >= 11 is 0. The first-order chi connectivity index (χ1) is 17.8. The molecule has 1 atom stereocenters. The van der Waals surface area contributed by atoms with Crippen molar-refractivity contribution in [3.63, 3.8) is 0 Å². The number of rotatable bonds is 5. The van der Waals surface area contributed by atoms with E-state index in [1.807, 2.05) is 98.2 Å². The predicted molar refractivity (Wildman–Crippen MR) is 139 cm³/mol. The molecule has 2 amide bonds. The molecule has 37 heavy (non-hydrogen) atoms. The third-order valence-electron chi connectivity index (χ3n) is 7.51. The molecule has 1 unspecified atom stereocenters. The van der Waals surface area contributed by atoms with Crippen LogP contribution in [0.1, 0.15) is 54.7 Å². The monoisotopic (exact) mass is 498 g/mol. The molecule has 0 fully saturated rings. The number of amides is 2. The Bertz CT molecular complexity index is 1410. The van der Waals surface area contributed by atoms with Gasteiger partial charge in [0.05, 0.1) is 6.54 Å². The number of hydrogen-bond acceptors (Lipinski definition) is 5. The lowest BCUT2D eigenvalue weighted by Gasteiger charge is -2.31. The molecule has 3 aromatic rings. The van der Waals surface area contributed by atoms with Gasteiger partial charge in [-0.1, -0.05) is 30.3 Å². The Kier molecular flexibility index (Phi) is 5.40. The number of para-hydroxylation sites is 1. The van der Waals surface area contributed by atoms with Crippen LogP contribution in [0.4, 0.5) is 5.69 Å². The van der Waals surface area contributed by atoms with Crippen molar-refractivity contribution in [2.75, 3.05) is 18.3 Å². The lowest BCUT2D eigenvalue weighted by Crippen LogP contribution is -2.42. The zero-order chi connectivity index (χ0) is 25.9. The maximum absolute atomic E-state index is 14.3. The average Bonchev–Trinajstić information content (AvgIpc) is 3.55. The van der Waals surface area contributed by atoms with Gasteiger partial charge in [-0.3, -0.25) is 9.59 Å². The van der Waals surface area contributed by atoms with Crippen LogP contribution in [0.5, 0.6) is 17.2 Å². The second-order valence-corrected chi connectivity index (χ2v) is 10.4. The molecule has 190 valence electrons. The molecule has 0 saturated heterocycles. The average molecular weight is 499 g/mol. The minimum atomic E-state index is -0.952. The Hall–Kier alpha value is -4.00. The van der Waals surface area contributed by atoms with Gasteiger partial charge >= 0.3 is 0 Å². The smallest absolute Gasteiger partial charge is 0.254 e. The Morgan fingerprint density at radius 2 is 1.62 bits per heavy atom. The van der Waals surface area contributed by atoms with Crippen LogP contribution in [0.3, 0.4) is 0 Å². The number of fused-ring (bicyclic) bond motifs is 5. The van der Waals surface area contributed by atoms with Crippen LogP contribution in [-0.2, 0) is 16.8 Å². The van der Waals surface area contributed by atoms with E-state index in [0.717, 1.165) is 22.4 Å². The number of benzene rings is 3. The van der Waals surface area contributed by atoms with Crippen molar-refractivity contribution in [1.29, 1.82) is 0 Å². The van der Waals surface area contributed by atoms with E-state index in [1.165, 1.54) is 0 Å². The highest BCUT2D eigenvalue weighted by Gasteiger charge is 2.57. The molecule has 3 heterocycles. The van der Waals surface area contributed by atoms with E-state index in [9.17, 15) is 9.59 Å². The zero-order valence-electron chi connectivity index (χ0n) is 21.5. The summed E-state index contributed by atoms with van der Waals surface area (Å²) in [6.45, 7) is 8.81. The molecule has 6 rings (SSSR count). The molecule has 0 radical (unpaired) electrons. The number of carbonyl (C=O) groups is 2. The van der Waals surface area contributed by atoms with E-state index in [0.29, 0.717) is 29.4 Å². The molecule has 3 aliphatic heterocycles. The van der Waals surface area contributed by atoms with E-state index in [2.05, 4.69) is 0 Å². The van der Waals surface area contributed by atoms with Crippen LogP contribution in [0.2, 0.25) is 0 Å². The highest BCUT2D eigenvalue weighted by Crippen LogP contribution is 2.55. The first-order valence-electron chi connectivity index (χ1n) is 12.7. The quantitative estimate of drug-likeness (QED) is 0.501. The van der Waals surface area contributed by atoms with Gasteiger partial charge in [-0.15, -0.1) is 0 Å². The van der Waals surface area contributed by atoms with Gasteiger partial charge in [-0.05, 0) is 63.1 Å². The standard InChI is InChI=1S/C30H30N2O5/c1-18(2)32(19(3)4)28(33)21-9-7-8-20(12-21)15-31-24-11-6-5-10-22(24)30(29(31)34)16-35-25-14-27-26(13-23(25)30)36-17-37-27/h5-14,18-19H,15-17H2,1-4H3. The molecule has 1 spiro atoms. The molecule has 3 aliphatic rings. The number of ether oxygens (including phenoxy) is 3. The van der Waals surface area contributed by atoms with Crippen molar-refractivity contribution in [3.8, 4) is 17.2 Å². The van der Waals surface area contributed by atoms with Crippen LogP contribution in [0.25, 0.3) is 0 Å². The SMILES string of the molecule is CC(C)N(C(=O)c1cccc(CN2C(=O)C3(COc4cc5c(cc43)OCO5)c3ccccc32)c1)C(C)C. The maximum Gasteiger partial charge on any atom is 0.254 e. The fourth-order valence-corrected chi connectivity index (χ4v) is 5.92. The lowest BCUT2D eigenvalue weighted by atomic mass is 9.77. The Morgan fingerprint density at radius 3 is 2.38 bits per heavy atom. The summed E-state index contributed by atoms with van der Waals surface area (Å²) in [5.41, 5.74) is 3.12. The third-order valence-corrected chi connectivity index (χ3v) is 7.51. The number of nitrogens with zero attached hydrogens (tertiary/aromatic N) is 2. The predicted octanol–water partition coefficient (Wildman–Crippen LogP) is 4.90. The number of carbonyl (C=O) groups excluding carboxylic acids is 2.